The van der Waals surface area contributed by atoms with Gasteiger partial charge < -0.3 is 5.32 Å². The van der Waals surface area contributed by atoms with Crippen LogP contribution < -0.4 is 9.62 Å². The Morgan fingerprint density at radius 2 is 1.87 bits per heavy atom. The lowest BCUT2D eigenvalue weighted by molar-refractivity contribution is 0.102. The van der Waals surface area contributed by atoms with Gasteiger partial charge >= 0.3 is 0 Å². The molecular formula is C22H18FN3O2S2. The fourth-order valence-electron chi connectivity index (χ4n) is 2.67. The van der Waals surface area contributed by atoms with Gasteiger partial charge in [-0.1, -0.05) is 6.07 Å². The summed E-state index contributed by atoms with van der Waals surface area (Å²) in [6.07, 6.45) is 1.98. The molecule has 5 nitrogen and oxygen atoms in total. The van der Waals surface area contributed by atoms with E-state index >= 15 is 0 Å². The van der Waals surface area contributed by atoms with Crippen LogP contribution in [0.5, 0.6) is 0 Å². The highest BCUT2D eigenvalue weighted by Crippen LogP contribution is 2.23. The van der Waals surface area contributed by atoms with Gasteiger partial charge in [0.15, 0.2) is 11.0 Å². The number of carbonyl (C=O) groups is 1. The van der Waals surface area contributed by atoms with Crippen molar-refractivity contribution < 1.29 is 13.4 Å². The number of thioether (sulfide) groups is 1. The summed E-state index contributed by atoms with van der Waals surface area (Å²) in [5, 5.41) is 11.3. The van der Waals surface area contributed by atoms with Crippen LogP contribution >= 0.6 is 11.8 Å². The first-order valence-corrected chi connectivity index (χ1v) is 11.2. The van der Waals surface area contributed by atoms with E-state index in [1.54, 1.807) is 41.3 Å². The zero-order valence-electron chi connectivity index (χ0n) is 16.3. The van der Waals surface area contributed by atoms with Crippen LogP contribution in [0.15, 0.2) is 76.5 Å². The summed E-state index contributed by atoms with van der Waals surface area (Å²) in [7, 11) is 0.178. The lowest BCUT2D eigenvalue weighted by Crippen LogP contribution is -2.21. The molecule has 8 heteroatoms. The van der Waals surface area contributed by atoms with Gasteiger partial charge in [0, 0.05) is 23.2 Å². The molecule has 0 aliphatic heterocycles. The number of nitriles is 1. The summed E-state index contributed by atoms with van der Waals surface area (Å²) in [5.74, 6) is -1.24. The van der Waals surface area contributed by atoms with Crippen LogP contribution in [0.2, 0.25) is 0 Å². The van der Waals surface area contributed by atoms with Crippen LogP contribution in [0.1, 0.15) is 15.9 Å². The van der Waals surface area contributed by atoms with Crippen LogP contribution in [0.4, 0.5) is 15.8 Å². The fraction of sp³-hybridized carbons (Fsp3) is 0.0909. The molecular weight excluding hydrogens is 421 g/mol. The zero-order chi connectivity index (χ0) is 21.7. The van der Waals surface area contributed by atoms with Gasteiger partial charge in [0.2, 0.25) is 0 Å². The number of halogens is 1. The van der Waals surface area contributed by atoms with Gasteiger partial charge in [-0.05, 0) is 66.9 Å². The first kappa shape index (κ1) is 21.6. The molecule has 0 spiro atoms. The molecule has 30 heavy (non-hydrogen) atoms. The van der Waals surface area contributed by atoms with E-state index in [9.17, 15) is 13.4 Å². The third-order valence-electron chi connectivity index (χ3n) is 4.33. The maximum Gasteiger partial charge on any atom is 0.255 e. The molecule has 0 aromatic heterocycles. The molecule has 1 N–H and O–H groups in total. The van der Waals surface area contributed by atoms with Crippen LogP contribution in [0.25, 0.3) is 0 Å². The Kier molecular flexibility index (Phi) is 6.87. The molecule has 3 aromatic rings. The molecule has 0 bridgehead atoms. The van der Waals surface area contributed by atoms with Crippen molar-refractivity contribution in [3.05, 3.63) is 83.7 Å². The van der Waals surface area contributed by atoms with E-state index in [-0.39, 0.29) is 16.8 Å². The molecule has 1 amide bonds. The smallest absolute Gasteiger partial charge is 0.255 e. The predicted molar refractivity (Wildman–Crippen MR) is 119 cm³/mol. The first-order valence-electron chi connectivity index (χ1n) is 8.83. The lowest BCUT2D eigenvalue weighted by atomic mass is 10.2. The van der Waals surface area contributed by atoms with E-state index < -0.39 is 22.7 Å². The molecule has 0 saturated carbocycles. The van der Waals surface area contributed by atoms with Gasteiger partial charge in [0.1, 0.15) is 5.82 Å². The van der Waals surface area contributed by atoms with Crippen molar-refractivity contribution >= 4 is 40.0 Å². The van der Waals surface area contributed by atoms with E-state index in [0.29, 0.717) is 4.90 Å². The minimum Gasteiger partial charge on any atom is -0.319 e. The van der Waals surface area contributed by atoms with Gasteiger partial charge in [-0.15, -0.1) is 11.8 Å². The minimum atomic E-state index is -1.53. The second kappa shape index (κ2) is 9.57. The van der Waals surface area contributed by atoms with E-state index in [1.807, 2.05) is 36.6 Å². The van der Waals surface area contributed by atoms with E-state index in [2.05, 4.69) is 5.32 Å². The maximum absolute atomic E-state index is 14.0. The Morgan fingerprint density at radius 3 is 2.50 bits per heavy atom. The zero-order valence-corrected chi connectivity index (χ0v) is 17.9. The van der Waals surface area contributed by atoms with Crippen molar-refractivity contribution in [1.29, 1.82) is 5.26 Å². The normalized spacial score (nSPS) is 11.4. The molecule has 0 heterocycles. The molecule has 1 atom stereocenters. The molecule has 0 aliphatic carbocycles. The monoisotopic (exact) mass is 439 g/mol. The molecule has 152 valence electrons. The summed E-state index contributed by atoms with van der Waals surface area (Å²) in [6, 6.07) is 19.7. The number of anilines is 2. The first-order chi connectivity index (χ1) is 14.4. The molecule has 3 rings (SSSR count). The van der Waals surface area contributed by atoms with Crippen molar-refractivity contribution in [1.82, 2.24) is 0 Å². The molecule has 0 aliphatic rings. The van der Waals surface area contributed by atoms with E-state index in [4.69, 9.17) is 5.26 Å². The highest BCUT2D eigenvalue weighted by atomic mass is 32.2. The molecule has 0 radical (unpaired) electrons. The van der Waals surface area contributed by atoms with E-state index in [1.165, 1.54) is 18.2 Å². The summed E-state index contributed by atoms with van der Waals surface area (Å²) in [5.41, 5.74) is 1.16. The molecule has 0 fully saturated rings. The third kappa shape index (κ3) is 4.87. The average molecular weight is 440 g/mol. The number of rotatable bonds is 6. The molecule has 1 unspecified atom stereocenters. The van der Waals surface area contributed by atoms with Crippen molar-refractivity contribution in [2.75, 3.05) is 22.9 Å². The van der Waals surface area contributed by atoms with Gasteiger partial charge in [-0.3, -0.25) is 9.10 Å². The number of hydrogen-bond acceptors (Lipinski definition) is 4. The van der Waals surface area contributed by atoms with Gasteiger partial charge in [-0.2, -0.15) is 5.26 Å². The summed E-state index contributed by atoms with van der Waals surface area (Å²) in [4.78, 5) is 14.1. The van der Waals surface area contributed by atoms with Crippen LogP contribution in [-0.4, -0.2) is 23.4 Å². The van der Waals surface area contributed by atoms with Gasteiger partial charge in [0.05, 0.1) is 22.2 Å². The minimum absolute atomic E-state index is 0.0310. The number of benzene rings is 3. The van der Waals surface area contributed by atoms with Crippen LogP contribution in [0, 0.1) is 17.1 Å². The van der Waals surface area contributed by atoms with Crippen molar-refractivity contribution in [2.24, 2.45) is 0 Å². The van der Waals surface area contributed by atoms with Crippen molar-refractivity contribution in [2.45, 2.75) is 9.79 Å². The number of amides is 1. The Bertz CT molecular complexity index is 1140. The Balaban J connectivity index is 1.78. The molecule has 3 aromatic carbocycles. The fourth-order valence-corrected chi connectivity index (χ4v) is 4.13. The van der Waals surface area contributed by atoms with Crippen molar-refractivity contribution in [3.63, 3.8) is 0 Å². The van der Waals surface area contributed by atoms with Crippen LogP contribution in [0.3, 0.4) is 0 Å². The number of carbonyl (C=O) groups excluding carboxylic acids is 1. The quantitative estimate of drug-likeness (QED) is 0.559. The Morgan fingerprint density at radius 1 is 1.13 bits per heavy atom. The van der Waals surface area contributed by atoms with E-state index in [0.717, 1.165) is 16.6 Å². The highest BCUT2D eigenvalue weighted by molar-refractivity contribution is 7.98. The summed E-state index contributed by atoms with van der Waals surface area (Å²) >= 11 is 1.62. The largest absolute Gasteiger partial charge is 0.319 e. The standard InChI is InChI=1S/C22H18FN3O2S2/c1-26(17-7-9-18(29-2)10-8-17)30(28)19-5-3-4-16(13-19)22(27)25-21-11-6-15(14-24)12-20(21)23/h3-13H,1-2H3,(H,25,27). The number of nitrogens with one attached hydrogen (secondary N) is 1. The van der Waals surface area contributed by atoms with Crippen molar-refractivity contribution in [3.8, 4) is 6.07 Å². The van der Waals surface area contributed by atoms with Crippen LogP contribution in [-0.2, 0) is 11.0 Å². The number of nitrogens with zero attached hydrogens (tertiary/aromatic N) is 2. The molecule has 0 saturated heterocycles. The Labute approximate surface area is 181 Å². The average Bonchev–Trinajstić information content (AvgIpc) is 2.79. The summed E-state index contributed by atoms with van der Waals surface area (Å²) < 4.78 is 28.6. The third-order valence-corrected chi connectivity index (χ3v) is 6.44. The second-order valence-corrected chi connectivity index (χ2v) is 8.63. The highest BCUT2D eigenvalue weighted by Gasteiger charge is 2.15. The SMILES string of the molecule is CSc1ccc(N(C)S(=O)c2cccc(C(=O)Nc3ccc(C#N)cc3F)c2)cc1. The lowest BCUT2D eigenvalue weighted by Gasteiger charge is -2.18. The van der Waals surface area contributed by atoms with Gasteiger partial charge in [-0.25, -0.2) is 8.60 Å². The maximum atomic E-state index is 14.0. The van der Waals surface area contributed by atoms with Gasteiger partial charge in [0.25, 0.3) is 5.91 Å². The second-order valence-electron chi connectivity index (χ2n) is 6.23. The topological polar surface area (TPSA) is 73.2 Å². The Hall–Kier alpha value is -3.15. The predicted octanol–water partition coefficient (Wildman–Crippen LogP) is 4.83. The summed E-state index contributed by atoms with van der Waals surface area (Å²) in [6.45, 7) is 0. The number of hydrogen-bond donors (Lipinski definition) is 1.